The van der Waals surface area contributed by atoms with Gasteiger partial charge in [0.25, 0.3) is 0 Å². The van der Waals surface area contributed by atoms with Gasteiger partial charge >= 0.3 is 0 Å². The number of hydrogen-bond acceptors (Lipinski definition) is 2. The third kappa shape index (κ3) is 3.28. The number of fused-ring (bicyclic) bond motifs is 1. The molecule has 28 heavy (non-hydrogen) atoms. The molecule has 1 saturated carbocycles. The molecule has 2 nitrogen and oxygen atoms in total. The zero-order valence-corrected chi connectivity index (χ0v) is 16.3. The highest BCUT2D eigenvalue weighted by Gasteiger charge is 2.23. The number of aromatic nitrogens is 1. The minimum Gasteiger partial charge on any atom is -0.369 e. The van der Waals surface area contributed by atoms with Crippen molar-refractivity contribution < 1.29 is 4.39 Å². The fourth-order valence-corrected chi connectivity index (χ4v) is 4.77. The summed E-state index contributed by atoms with van der Waals surface area (Å²) in [5.41, 5.74) is 7.17. The van der Waals surface area contributed by atoms with E-state index in [0.717, 1.165) is 50.2 Å². The van der Waals surface area contributed by atoms with Crippen LogP contribution >= 0.6 is 0 Å². The van der Waals surface area contributed by atoms with Crippen molar-refractivity contribution in [2.75, 3.05) is 18.0 Å². The van der Waals surface area contributed by atoms with Crippen LogP contribution in [0.25, 0.3) is 5.57 Å². The Morgan fingerprint density at radius 3 is 2.79 bits per heavy atom. The van der Waals surface area contributed by atoms with E-state index in [4.69, 9.17) is 0 Å². The summed E-state index contributed by atoms with van der Waals surface area (Å²) in [7, 11) is 0. The number of anilines is 1. The first-order valence-electron chi connectivity index (χ1n) is 10.7. The molecule has 3 aliphatic rings. The number of allylic oxidation sites excluding steroid dienone is 3. The molecule has 3 heteroatoms. The van der Waals surface area contributed by atoms with E-state index < -0.39 is 0 Å². The maximum atomic E-state index is 14.8. The van der Waals surface area contributed by atoms with Crippen molar-refractivity contribution in [3.8, 4) is 0 Å². The second-order valence-electron chi connectivity index (χ2n) is 8.28. The minimum atomic E-state index is -0.0502. The smallest absolute Gasteiger partial charge is 0.146 e. The van der Waals surface area contributed by atoms with Gasteiger partial charge in [0.2, 0.25) is 0 Å². The Morgan fingerprint density at radius 2 is 1.96 bits per heavy atom. The largest absolute Gasteiger partial charge is 0.369 e. The van der Waals surface area contributed by atoms with Gasteiger partial charge < -0.3 is 4.90 Å². The number of hydrogen-bond donors (Lipinski definition) is 0. The predicted octanol–water partition coefficient (Wildman–Crippen LogP) is 6.04. The molecule has 1 aromatic carbocycles. The first-order valence-corrected chi connectivity index (χ1v) is 10.7. The normalized spacial score (nSPS) is 21.8. The molecule has 0 radical (unpaired) electrons. The summed E-state index contributed by atoms with van der Waals surface area (Å²) in [4.78, 5) is 6.83. The van der Waals surface area contributed by atoms with Crippen LogP contribution in [0.1, 0.15) is 61.3 Å². The topological polar surface area (TPSA) is 16.1 Å². The van der Waals surface area contributed by atoms with Crippen LogP contribution in [-0.2, 0) is 6.42 Å². The SMILES string of the molecule is Fc1cc(C2CCC2)ccc1N1CC/C=C(/C2=CCc3cccnc32)CCC1. The number of rotatable bonds is 3. The molecule has 0 bridgehead atoms. The lowest BCUT2D eigenvalue weighted by Gasteiger charge is -2.29. The molecule has 5 rings (SSSR count). The molecule has 0 N–H and O–H groups in total. The second kappa shape index (κ2) is 7.54. The molecule has 0 amide bonds. The van der Waals surface area contributed by atoms with Gasteiger partial charge in [0, 0.05) is 19.3 Å². The maximum absolute atomic E-state index is 14.8. The Hall–Kier alpha value is -2.42. The van der Waals surface area contributed by atoms with E-state index in [1.54, 1.807) is 6.07 Å². The van der Waals surface area contributed by atoms with Crippen LogP contribution < -0.4 is 4.90 Å². The van der Waals surface area contributed by atoms with E-state index in [1.165, 1.54) is 41.5 Å². The summed E-state index contributed by atoms with van der Waals surface area (Å²) in [6.07, 6.45) is 14.3. The summed E-state index contributed by atoms with van der Waals surface area (Å²) >= 11 is 0. The number of halogens is 1. The van der Waals surface area contributed by atoms with Crippen molar-refractivity contribution >= 4 is 11.3 Å². The van der Waals surface area contributed by atoms with Crippen LogP contribution in [0.4, 0.5) is 10.1 Å². The quantitative estimate of drug-likeness (QED) is 0.651. The fraction of sp³-hybridized carbons (Fsp3) is 0.400. The van der Waals surface area contributed by atoms with Gasteiger partial charge in [0.1, 0.15) is 5.82 Å². The second-order valence-corrected chi connectivity index (χ2v) is 8.28. The molecule has 0 spiro atoms. The molecule has 1 aliphatic heterocycles. The van der Waals surface area contributed by atoms with Gasteiger partial charge in [0.05, 0.1) is 11.4 Å². The zero-order valence-electron chi connectivity index (χ0n) is 16.3. The lowest BCUT2D eigenvalue weighted by molar-refractivity contribution is 0.418. The molecule has 0 unspecified atom stereocenters. The van der Waals surface area contributed by atoms with E-state index in [9.17, 15) is 4.39 Å². The van der Waals surface area contributed by atoms with Crippen LogP contribution in [0.2, 0.25) is 0 Å². The highest BCUT2D eigenvalue weighted by atomic mass is 19.1. The Bertz CT molecular complexity index is 939. The van der Waals surface area contributed by atoms with E-state index in [1.807, 2.05) is 18.3 Å². The van der Waals surface area contributed by atoms with Crippen molar-refractivity contribution in [3.05, 3.63) is 76.9 Å². The van der Waals surface area contributed by atoms with Crippen molar-refractivity contribution in [2.45, 2.75) is 50.9 Å². The van der Waals surface area contributed by atoms with Crippen molar-refractivity contribution in [2.24, 2.45) is 0 Å². The van der Waals surface area contributed by atoms with Crippen LogP contribution in [0.5, 0.6) is 0 Å². The molecule has 1 fully saturated rings. The lowest BCUT2D eigenvalue weighted by Crippen LogP contribution is -2.27. The van der Waals surface area contributed by atoms with Crippen molar-refractivity contribution in [1.82, 2.24) is 4.98 Å². The summed E-state index contributed by atoms with van der Waals surface area (Å²) in [6.45, 7) is 1.77. The standard InChI is InChI=1S/C25H27FN2/c26-23-17-21(18-5-1-6-18)11-13-24(23)28-15-3-8-19(9-4-16-28)22-12-10-20-7-2-14-27-25(20)22/h2,7-8,11-14,17-18H,1,3-6,9-10,15-16H2/b19-8+. The zero-order chi connectivity index (χ0) is 18.9. The van der Waals surface area contributed by atoms with E-state index in [-0.39, 0.29) is 5.82 Å². The van der Waals surface area contributed by atoms with Gasteiger partial charge in [-0.3, -0.25) is 4.98 Å². The highest BCUT2D eigenvalue weighted by molar-refractivity contribution is 5.82. The number of nitrogens with zero attached hydrogens (tertiary/aromatic N) is 2. The van der Waals surface area contributed by atoms with Gasteiger partial charge in [-0.05, 0) is 84.9 Å². The van der Waals surface area contributed by atoms with Crippen molar-refractivity contribution in [3.63, 3.8) is 0 Å². The lowest BCUT2D eigenvalue weighted by atomic mass is 9.80. The Balaban J connectivity index is 1.30. The van der Waals surface area contributed by atoms with Crippen molar-refractivity contribution in [1.29, 1.82) is 0 Å². The first kappa shape index (κ1) is 17.7. The molecule has 144 valence electrons. The van der Waals surface area contributed by atoms with Gasteiger partial charge in [-0.15, -0.1) is 0 Å². The molecular weight excluding hydrogens is 347 g/mol. The van der Waals surface area contributed by atoms with Gasteiger partial charge in [0.15, 0.2) is 0 Å². The van der Waals surface area contributed by atoms with E-state index in [0.29, 0.717) is 5.92 Å². The molecule has 0 atom stereocenters. The van der Waals surface area contributed by atoms with Gasteiger partial charge in [-0.2, -0.15) is 0 Å². The summed E-state index contributed by atoms with van der Waals surface area (Å²) in [5, 5.41) is 0. The van der Waals surface area contributed by atoms with Crippen LogP contribution in [-0.4, -0.2) is 18.1 Å². The highest BCUT2D eigenvalue weighted by Crippen LogP contribution is 2.38. The van der Waals surface area contributed by atoms with Crippen LogP contribution in [0.3, 0.4) is 0 Å². The van der Waals surface area contributed by atoms with E-state index in [2.05, 4.69) is 34.2 Å². The Kier molecular flexibility index (Phi) is 4.76. The van der Waals surface area contributed by atoms with Gasteiger partial charge in [-0.25, -0.2) is 4.39 Å². The first-order chi connectivity index (χ1) is 13.8. The van der Waals surface area contributed by atoms with E-state index >= 15 is 0 Å². The molecule has 2 aliphatic carbocycles. The molecule has 1 aromatic heterocycles. The van der Waals surface area contributed by atoms with Crippen LogP contribution in [0, 0.1) is 5.82 Å². The summed E-state index contributed by atoms with van der Waals surface area (Å²) in [5.74, 6) is 0.531. The summed E-state index contributed by atoms with van der Waals surface area (Å²) < 4.78 is 14.8. The van der Waals surface area contributed by atoms with Gasteiger partial charge in [-0.1, -0.05) is 30.7 Å². The maximum Gasteiger partial charge on any atom is 0.146 e. The predicted molar refractivity (Wildman–Crippen MR) is 113 cm³/mol. The molecule has 0 saturated heterocycles. The third-order valence-electron chi connectivity index (χ3n) is 6.57. The minimum absolute atomic E-state index is 0.0502. The average Bonchev–Trinajstić information content (AvgIpc) is 3.05. The molecular formula is C25H27FN2. The Morgan fingerprint density at radius 1 is 1.04 bits per heavy atom. The fourth-order valence-electron chi connectivity index (χ4n) is 4.77. The number of benzene rings is 1. The molecule has 2 heterocycles. The summed E-state index contributed by atoms with van der Waals surface area (Å²) in [6, 6.07) is 10.1. The average molecular weight is 375 g/mol. The molecule has 2 aromatic rings. The Labute approximate surface area is 166 Å². The van der Waals surface area contributed by atoms with Crippen LogP contribution in [0.15, 0.2) is 54.3 Å². The number of pyridine rings is 1. The monoisotopic (exact) mass is 374 g/mol. The third-order valence-corrected chi connectivity index (χ3v) is 6.57.